The molecule has 0 bridgehead atoms. The lowest BCUT2D eigenvalue weighted by Gasteiger charge is -2.23. The second-order valence-corrected chi connectivity index (χ2v) is 5.05. The van der Waals surface area contributed by atoms with Crippen LogP contribution in [0.1, 0.15) is 17.2 Å². The minimum Gasteiger partial charge on any atom is -0.497 e. The SMILES string of the molecule is COc1ccc(C(C#N)N2CC=C(c3ccccc3)N2)cc1. The molecule has 0 amide bonds. The highest BCUT2D eigenvalue weighted by atomic mass is 16.5. The normalized spacial score (nSPS) is 15.5. The second-order valence-electron chi connectivity index (χ2n) is 5.05. The molecule has 0 aliphatic carbocycles. The van der Waals surface area contributed by atoms with Gasteiger partial charge in [0.05, 0.1) is 18.9 Å². The van der Waals surface area contributed by atoms with Crippen LogP contribution in [0.15, 0.2) is 60.7 Å². The van der Waals surface area contributed by atoms with Gasteiger partial charge in [-0.2, -0.15) is 10.3 Å². The first-order valence-electron chi connectivity index (χ1n) is 7.14. The molecular weight excluding hydrogens is 274 g/mol. The van der Waals surface area contributed by atoms with Gasteiger partial charge in [-0.3, -0.25) is 0 Å². The lowest BCUT2D eigenvalue weighted by atomic mass is 10.1. The molecule has 0 spiro atoms. The molecule has 0 saturated heterocycles. The number of rotatable bonds is 4. The predicted molar refractivity (Wildman–Crippen MR) is 85.6 cm³/mol. The largest absolute Gasteiger partial charge is 0.497 e. The fourth-order valence-electron chi connectivity index (χ4n) is 2.52. The number of benzene rings is 2. The van der Waals surface area contributed by atoms with Crippen molar-refractivity contribution in [2.24, 2.45) is 0 Å². The maximum atomic E-state index is 9.54. The number of hydrazine groups is 1. The van der Waals surface area contributed by atoms with Gasteiger partial charge in [-0.25, -0.2) is 0 Å². The number of nitrogens with zero attached hydrogens (tertiary/aromatic N) is 2. The Balaban J connectivity index is 1.75. The molecule has 1 unspecified atom stereocenters. The lowest BCUT2D eigenvalue weighted by molar-refractivity contribution is 0.231. The van der Waals surface area contributed by atoms with Gasteiger partial charge in [-0.05, 0) is 29.3 Å². The van der Waals surface area contributed by atoms with Crippen molar-refractivity contribution >= 4 is 5.70 Å². The summed E-state index contributed by atoms with van der Waals surface area (Å²) >= 11 is 0. The average molecular weight is 291 g/mol. The molecule has 2 aromatic rings. The third-order valence-electron chi connectivity index (χ3n) is 3.71. The first-order valence-corrected chi connectivity index (χ1v) is 7.14. The summed E-state index contributed by atoms with van der Waals surface area (Å²) < 4.78 is 5.16. The summed E-state index contributed by atoms with van der Waals surface area (Å²) in [5, 5.41) is 11.5. The summed E-state index contributed by atoms with van der Waals surface area (Å²) in [5.41, 5.74) is 6.43. The van der Waals surface area contributed by atoms with E-state index in [1.807, 2.05) is 47.5 Å². The molecule has 0 saturated carbocycles. The minimum atomic E-state index is -0.344. The molecule has 2 aromatic carbocycles. The van der Waals surface area contributed by atoms with E-state index >= 15 is 0 Å². The van der Waals surface area contributed by atoms with Crippen LogP contribution in [0.3, 0.4) is 0 Å². The molecule has 22 heavy (non-hydrogen) atoms. The zero-order chi connectivity index (χ0) is 15.4. The molecule has 4 nitrogen and oxygen atoms in total. The molecule has 1 heterocycles. The van der Waals surface area contributed by atoms with E-state index in [0.29, 0.717) is 6.54 Å². The predicted octanol–water partition coefficient (Wildman–Crippen LogP) is 3.12. The van der Waals surface area contributed by atoms with Crippen LogP contribution in [0.25, 0.3) is 5.70 Å². The van der Waals surface area contributed by atoms with Gasteiger partial charge in [0.2, 0.25) is 0 Å². The number of methoxy groups -OCH3 is 1. The van der Waals surface area contributed by atoms with Crippen molar-refractivity contribution in [3.63, 3.8) is 0 Å². The van der Waals surface area contributed by atoms with Crippen molar-refractivity contribution < 1.29 is 4.74 Å². The Hall–Kier alpha value is -2.77. The van der Waals surface area contributed by atoms with E-state index in [9.17, 15) is 5.26 Å². The maximum absolute atomic E-state index is 9.54. The van der Waals surface area contributed by atoms with Gasteiger partial charge in [0.25, 0.3) is 0 Å². The van der Waals surface area contributed by atoms with Crippen LogP contribution in [0.2, 0.25) is 0 Å². The number of hydrogen-bond acceptors (Lipinski definition) is 4. The van der Waals surface area contributed by atoms with Gasteiger partial charge in [0.15, 0.2) is 0 Å². The number of ether oxygens (including phenoxy) is 1. The Morgan fingerprint density at radius 1 is 1.14 bits per heavy atom. The summed E-state index contributed by atoms with van der Waals surface area (Å²) in [4.78, 5) is 0. The molecule has 0 radical (unpaired) electrons. The summed E-state index contributed by atoms with van der Waals surface area (Å²) in [6, 6.07) is 19.7. The molecule has 110 valence electrons. The van der Waals surface area contributed by atoms with E-state index in [-0.39, 0.29) is 6.04 Å². The second kappa shape index (κ2) is 6.33. The van der Waals surface area contributed by atoms with E-state index in [0.717, 1.165) is 22.6 Å². The van der Waals surface area contributed by atoms with E-state index in [1.54, 1.807) is 7.11 Å². The van der Waals surface area contributed by atoms with E-state index < -0.39 is 0 Å². The Kier molecular flexibility index (Phi) is 4.08. The van der Waals surface area contributed by atoms with Crippen LogP contribution >= 0.6 is 0 Å². The fourth-order valence-corrected chi connectivity index (χ4v) is 2.52. The van der Waals surface area contributed by atoms with Crippen molar-refractivity contribution in [3.8, 4) is 11.8 Å². The molecule has 1 N–H and O–H groups in total. The van der Waals surface area contributed by atoms with Crippen LogP contribution in [0.4, 0.5) is 0 Å². The van der Waals surface area contributed by atoms with Gasteiger partial charge in [-0.1, -0.05) is 42.5 Å². The van der Waals surface area contributed by atoms with Crippen LogP contribution in [0.5, 0.6) is 5.75 Å². The first kappa shape index (κ1) is 14.2. The minimum absolute atomic E-state index is 0.344. The molecule has 3 rings (SSSR count). The highest BCUT2D eigenvalue weighted by molar-refractivity contribution is 5.65. The van der Waals surface area contributed by atoms with Gasteiger partial charge in [0, 0.05) is 6.54 Å². The van der Waals surface area contributed by atoms with Crippen molar-refractivity contribution in [1.82, 2.24) is 10.4 Å². The smallest absolute Gasteiger partial charge is 0.141 e. The van der Waals surface area contributed by atoms with Gasteiger partial charge >= 0.3 is 0 Å². The molecular formula is C18H17N3O. The summed E-state index contributed by atoms with van der Waals surface area (Å²) in [6.07, 6.45) is 2.10. The third-order valence-corrected chi connectivity index (χ3v) is 3.71. The van der Waals surface area contributed by atoms with Gasteiger partial charge in [0.1, 0.15) is 11.8 Å². The van der Waals surface area contributed by atoms with Crippen LogP contribution < -0.4 is 10.2 Å². The first-order chi connectivity index (χ1) is 10.8. The van der Waals surface area contributed by atoms with Crippen molar-refractivity contribution in [1.29, 1.82) is 5.26 Å². The zero-order valence-electron chi connectivity index (χ0n) is 12.4. The molecule has 0 aromatic heterocycles. The quantitative estimate of drug-likeness (QED) is 0.940. The molecule has 1 aliphatic rings. The summed E-state index contributed by atoms with van der Waals surface area (Å²) in [5.74, 6) is 0.790. The monoisotopic (exact) mass is 291 g/mol. The van der Waals surface area contributed by atoms with E-state index in [2.05, 4.69) is 29.7 Å². The Labute approximate surface area is 130 Å². The molecule has 1 aliphatic heterocycles. The van der Waals surface area contributed by atoms with E-state index in [1.165, 1.54) is 0 Å². The average Bonchev–Trinajstić information content (AvgIpc) is 3.07. The number of nitrogens with one attached hydrogen (secondary N) is 1. The molecule has 1 atom stereocenters. The number of hydrogen-bond donors (Lipinski definition) is 1. The lowest BCUT2D eigenvalue weighted by Crippen LogP contribution is -2.35. The highest BCUT2D eigenvalue weighted by Crippen LogP contribution is 2.26. The topological polar surface area (TPSA) is 48.3 Å². The highest BCUT2D eigenvalue weighted by Gasteiger charge is 2.24. The van der Waals surface area contributed by atoms with Crippen LogP contribution in [-0.2, 0) is 0 Å². The maximum Gasteiger partial charge on any atom is 0.141 e. The zero-order valence-corrected chi connectivity index (χ0v) is 12.4. The van der Waals surface area contributed by atoms with Crippen molar-refractivity contribution in [2.45, 2.75) is 6.04 Å². The van der Waals surface area contributed by atoms with Crippen molar-refractivity contribution in [3.05, 3.63) is 71.8 Å². The summed E-state index contributed by atoms with van der Waals surface area (Å²) in [6.45, 7) is 0.689. The van der Waals surface area contributed by atoms with Gasteiger partial charge < -0.3 is 10.2 Å². The Bertz CT molecular complexity index is 701. The van der Waals surface area contributed by atoms with Crippen LogP contribution in [-0.4, -0.2) is 18.7 Å². The van der Waals surface area contributed by atoms with Gasteiger partial charge in [-0.15, -0.1) is 0 Å². The molecule has 0 fully saturated rings. The van der Waals surface area contributed by atoms with Crippen LogP contribution in [0, 0.1) is 11.3 Å². The third kappa shape index (κ3) is 2.80. The Morgan fingerprint density at radius 2 is 1.86 bits per heavy atom. The van der Waals surface area contributed by atoms with Crippen molar-refractivity contribution in [2.75, 3.05) is 13.7 Å². The Morgan fingerprint density at radius 3 is 2.50 bits per heavy atom. The number of nitriles is 1. The van der Waals surface area contributed by atoms with E-state index in [4.69, 9.17) is 4.74 Å². The standard InChI is InChI=1S/C18H17N3O/c1-22-16-9-7-15(8-10-16)18(13-19)21-12-11-17(20-21)14-5-3-2-4-6-14/h2-11,18,20H,12H2,1H3. The fraction of sp³-hybridized carbons (Fsp3) is 0.167. The summed E-state index contributed by atoms with van der Waals surface area (Å²) in [7, 11) is 1.63. The molecule has 4 heteroatoms.